The molecule has 62 valence electrons. The minimum atomic E-state index is -0.0209. The highest BCUT2D eigenvalue weighted by molar-refractivity contribution is 7.84. The molecule has 1 aromatic carbocycles. The normalized spacial score (nSPS) is 9.08. The molecule has 0 saturated carbocycles. The lowest BCUT2D eigenvalue weighted by atomic mass is 10.2. The molecule has 0 amide bonds. The van der Waals surface area contributed by atoms with Crippen molar-refractivity contribution in [1.29, 1.82) is 5.41 Å². The first-order valence-electron chi connectivity index (χ1n) is 3.31. The van der Waals surface area contributed by atoms with E-state index >= 15 is 0 Å². The second-order valence-electron chi connectivity index (χ2n) is 2.11. The zero-order chi connectivity index (χ0) is 8.97. The van der Waals surface area contributed by atoms with E-state index in [1.165, 1.54) is 7.11 Å². The average Bonchev–Trinajstić information content (AvgIpc) is 2.16. The van der Waals surface area contributed by atoms with E-state index in [-0.39, 0.29) is 16.7 Å². The molecule has 1 aromatic rings. The Bertz CT molecular complexity index is 312. The van der Waals surface area contributed by atoms with Gasteiger partial charge in [0.1, 0.15) is 11.3 Å². The first-order chi connectivity index (χ1) is 5.79. The maximum atomic E-state index is 10.3. The topological polar surface area (TPSA) is 50.1 Å². The lowest BCUT2D eigenvalue weighted by Crippen LogP contribution is -1.99. The van der Waals surface area contributed by atoms with E-state index in [4.69, 9.17) is 10.1 Å². The molecule has 0 aliphatic carbocycles. The third kappa shape index (κ3) is 1.65. The first-order valence-corrected chi connectivity index (χ1v) is 4.05. The Labute approximate surface area is 74.4 Å². The third-order valence-electron chi connectivity index (χ3n) is 1.43. The third-order valence-corrected chi connectivity index (χ3v) is 1.82. The number of para-hydroxylation sites is 1. The molecule has 0 aromatic heterocycles. The van der Waals surface area contributed by atoms with Crippen LogP contribution in [-0.2, 0) is 15.9 Å². The molecule has 3 nitrogen and oxygen atoms in total. The lowest BCUT2D eigenvalue weighted by Gasteiger charge is -1.99. The molecule has 0 unspecified atom stereocenters. The Kier molecular flexibility index (Phi) is 2.88. The van der Waals surface area contributed by atoms with Gasteiger partial charge >= 0.3 is 16.7 Å². The van der Waals surface area contributed by atoms with Crippen molar-refractivity contribution in [3.63, 3.8) is 0 Å². The van der Waals surface area contributed by atoms with E-state index in [1.807, 2.05) is 0 Å². The molecule has 0 heterocycles. The molecule has 0 aliphatic heterocycles. The van der Waals surface area contributed by atoms with Crippen LogP contribution in [0.25, 0.3) is 0 Å². The molecular weight excluding hydrogens is 174 g/mol. The van der Waals surface area contributed by atoms with Crippen molar-refractivity contribution in [2.75, 3.05) is 7.11 Å². The molecule has 0 atom stereocenters. The van der Waals surface area contributed by atoms with Gasteiger partial charge in [-0.05, 0) is 12.1 Å². The number of methoxy groups -OCH3 is 1. The predicted molar refractivity (Wildman–Crippen MR) is 47.9 cm³/mol. The van der Waals surface area contributed by atoms with Crippen LogP contribution in [0.1, 0.15) is 5.56 Å². The quantitative estimate of drug-likeness (QED) is 0.427. The molecule has 0 fully saturated rings. The van der Waals surface area contributed by atoms with Crippen LogP contribution in [0.5, 0.6) is 5.75 Å². The molecule has 0 radical (unpaired) electrons. The highest BCUT2D eigenvalue weighted by Crippen LogP contribution is 2.17. The van der Waals surface area contributed by atoms with Gasteiger partial charge in [-0.15, -0.1) is 0 Å². The highest BCUT2D eigenvalue weighted by atomic mass is 32.1. The number of rotatable bonds is 2. The van der Waals surface area contributed by atoms with Gasteiger partial charge in [-0.1, -0.05) is 12.1 Å². The standard InChI is InChI=1S/C8H8NO2S/c1-11-7-5-3-2-4-6(7)8(9)12-10/h2-5,9H,1H3/q+1. The van der Waals surface area contributed by atoms with Gasteiger partial charge in [0.25, 0.3) is 0 Å². The summed E-state index contributed by atoms with van der Waals surface area (Å²) in [6, 6.07) is 6.97. The van der Waals surface area contributed by atoms with Gasteiger partial charge in [0.2, 0.25) is 0 Å². The molecule has 1 rings (SSSR count). The summed E-state index contributed by atoms with van der Waals surface area (Å²) in [5, 5.41) is 7.27. The number of hydrogen-bond donors (Lipinski definition) is 1. The van der Waals surface area contributed by atoms with Gasteiger partial charge in [-0.2, -0.15) is 0 Å². The smallest absolute Gasteiger partial charge is 0.496 e. The van der Waals surface area contributed by atoms with Gasteiger partial charge in [0.15, 0.2) is 0 Å². The van der Waals surface area contributed by atoms with Crippen molar-refractivity contribution in [2.24, 2.45) is 0 Å². The fourth-order valence-corrected chi connectivity index (χ4v) is 1.14. The summed E-state index contributed by atoms with van der Waals surface area (Å²) in [6.07, 6.45) is 0. The van der Waals surface area contributed by atoms with E-state index in [0.29, 0.717) is 11.3 Å². The monoisotopic (exact) mass is 182 g/mol. The van der Waals surface area contributed by atoms with Crippen molar-refractivity contribution in [1.82, 2.24) is 0 Å². The van der Waals surface area contributed by atoms with Gasteiger partial charge in [-0.3, -0.25) is 0 Å². The van der Waals surface area contributed by atoms with Crippen LogP contribution in [0.3, 0.4) is 0 Å². The Balaban J connectivity index is 3.13. The summed E-state index contributed by atoms with van der Waals surface area (Å²) >= 11 is 0.161. The maximum absolute atomic E-state index is 10.3. The Morgan fingerprint density at radius 2 is 2.17 bits per heavy atom. The molecule has 4 heteroatoms. The fraction of sp³-hybridized carbons (Fsp3) is 0.125. The van der Waals surface area contributed by atoms with Gasteiger partial charge in [0, 0.05) is 4.21 Å². The summed E-state index contributed by atoms with van der Waals surface area (Å²) in [7, 11) is 1.52. The Morgan fingerprint density at radius 1 is 1.50 bits per heavy atom. The number of benzene rings is 1. The Hall–Kier alpha value is -1.29. The molecule has 12 heavy (non-hydrogen) atoms. The van der Waals surface area contributed by atoms with Gasteiger partial charge < -0.3 is 4.74 Å². The molecule has 0 aliphatic rings. The van der Waals surface area contributed by atoms with Crippen molar-refractivity contribution in [2.45, 2.75) is 0 Å². The summed E-state index contributed by atoms with van der Waals surface area (Å²) in [6.45, 7) is 0. The molecular formula is C8H8NO2S+. The van der Waals surface area contributed by atoms with Crippen LogP contribution in [0.2, 0.25) is 0 Å². The van der Waals surface area contributed by atoms with E-state index in [2.05, 4.69) is 0 Å². The lowest BCUT2D eigenvalue weighted by molar-refractivity contribution is 0.414. The zero-order valence-electron chi connectivity index (χ0n) is 6.53. The Morgan fingerprint density at radius 3 is 2.75 bits per heavy atom. The zero-order valence-corrected chi connectivity index (χ0v) is 7.35. The first kappa shape index (κ1) is 8.80. The van der Waals surface area contributed by atoms with E-state index in [0.717, 1.165) is 0 Å². The summed E-state index contributed by atoms with van der Waals surface area (Å²) in [4.78, 5) is 0. The minimum Gasteiger partial charge on any atom is -0.496 e. The van der Waals surface area contributed by atoms with Crippen LogP contribution >= 0.6 is 0 Å². The van der Waals surface area contributed by atoms with Crippen molar-refractivity contribution < 1.29 is 8.95 Å². The molecule has 0 bridgehead atoms. The van der Waals surface area contributed by atoms with Crippen molar-refractivity contribution in [3.05, 3.63) is 29.8 Å². The molecule has 0 saturated heterocycles. The molecule has 1 N–H and O–H groups in total. The molecule has 0 spiro atoms. The van der Waals surface area contributed by atoms with Crippen molar-refractivity contribution in [3.8, 4) is 5.75 Å². The van der Waals surface area contributed by atoms with Crippen LogP contribution in [0.4, 0.5) is 0 Å². The van der Waals surface area contributed by atoms with Gasteiger partial charge in [-0.25, -0.2) is 5.41 Å². The second-order valence-corrected chi connectivity index (χ2v) is 2.69. The largest absolute Gasteiger partial charge is 0.527 e. The maximum Gasteiger partial charge on any atom is 0.527 e. The average molecular weight is 182 g/mol. The predicted octanol–water partition coefficient (Wildman–Crippen LogP) is 1.45. The van der Waals surface area contributed by atoms with Crippen LogP contribution in [0.15, 0.2) is 24.3 Å². The van der Waals surface area contributed by atoms with Crippen molar-refractivity contribution >= 4 is 16.7 Å². The number of hydrogen-bond acceptors (Lipinski definition) is 3. The SMILES string of the molecule is COc1ccccc1C(=N)[S+]=O. The van der Waals surface area contributed by atoms with Crippen LogP contribution in [0, 0.1) is 5.41 Å². The van der Waals surface area contributed by atoms with Crippen LogP contribution < -0.4 is 4.74 Å². The van der Waals surface area contributed by atoms with E-state index < -0.39 is 0 Å². The number of ether oxygens (including phenoxy) is 1. The van der Waals surface area contributed by atoms with Crippen LogP contribution in [-0.4, -0.2) is 12.2 Å². The van der Waals surface area contributed by atoms with E-state index in [9.17, 15) is 4.21 Å². The van der Waals surface area contributed by atoms with Gasteiger partial charge in [0.05, 0.1) is 7.11 Å². The number of nitrogens with one attached hydrogen (secondary N) is 1. The minimum absolute atomic E-state index is 0.0209. The van der Waals surface area contributed by atoms with E-state index in [1.54, 1.807) is 24.3 Å². The summed E-state index contributed by atoms with van der Waals surface area (Å²) in [5.41, 5.74) is 0.542. The highest BCUT2D eigenvalue weighted by Gasteiger charge is 2.18. The fourth-order valence-electron chi connectivity index (χ4n) is 0.877. The summed E-state index contributed by atoms with van der Waals surface area (Å²) < 4.78 is 15.3. The summed E-state index contributed by atoms with van der Waals surface area (Å²) in [5.74, 6) is 0.561. The second kappa shape index (κ2) is 3.92.